The Bertz CT molecular complexity index is 562. The maximum absolute atomic E-state index is 14.2. The van der Waals surface area contributed by atoms with E-state index in [4.69, 9.17) is 4.74 Å². The van der Waals surface area contributed by atoms with Gasteiger partial charge in [0.1, 0.15) is 23.7 Å². The molecule has 2 atom stereocenters. The van der Waals surface area contributed by atoms with Gasteiger partial charge in [0.05, 0.1) is 12.8 Å². The molecule has 1 aliphatic rings. The van der Waals surface area contributed by atoms with E-state index in [1.165, 1.54) is 30.2 Å². The summed E-state index contributed by atoms with van der Waals surface area (Å²) in [7, 11) is 1.47. The first-order chi connectivity index (χ1) is 10.0. The highest BCUT2D eigenvalue weighted by molar-refractivity contribution is 6.08. The molecule has 2 rings (SSSR count). The van der Waals surface area contributed by atoms with Crippen LogP contribution in [-0.2, 0) is 9.59 Å². The minimum atomic E-state index is -0.707. The quantitative estimate of drug-likeness (QED) is 0.922. The van der Waals surface area contributed by atoms with Gasteiger partial charge in [0, 0.05) is 6.07 Å². The Morgan fingerprint density at radius 1 is 1.29 bits per heavy atom. The molecule has 1 N–H and O–H groups in total. The molecule has 1 aromatic carbocycles. The van der Waals surface area contributed by atoms with Gasteiger partial charge in [-0.25, -0.2) is 4.39 Å². The zero-order valence-corrected chi connectivity index (χ0v) is 12.4. The average molecular weight is 294 g/mol. The van der Waals surface area contributed by atoms with Crippen LogP contribution in [0, 0.1) is 5.82 Å². The Labute approximate surface area is 123 Å². The van der Waals surface area contributed by atoms with Gasteiger partial charge >= 0.3 is 0 Å². The molecule has 0 spiro atoms. The number of carbonyl (C=O) groups excluding carboxylic acids is 2. The fourth-order valence-electron chi connectivity index (χ4n) is 2.50. The molecule has 1 fully saturated rings. The molecular formula is C15H19FN2O3. The molecule has 21 heavy (non-hydrogen) atoms. The molecule has 0 bridgehead atoms. The van der Waals surface area contributed by atoms with Crippen LogP contribution < -0.4 is 15.0 Å². The van der Waals surface area contributed by atoms with Crippen molar-refractivity contribution in [1.82, 2.24) is 5.32 Å². The number of nitrogens with zero attached hydrogens (tertiary/aromatic N) is 1. The Morgan fingerprint density at radius 2 is 2.00 bits per heavy atom. The average Bonchev–Trinajstić information content (AvgIpc) is 2.49. The first-order valence-electron chi connectivity index (χ1n) is 7.00. The lowest BCUT2D eigenvalue weighted by molar-refractivity contribution is -0.134. The molecule has 2 unspecified atom stereocenters. The Kier molecular flexibility index (Phi) is 4.45. The van der Waals surface area contributed by atoms with Crippen LogP contribution >= 0.6 is 0 Å². The second-order valence-electron chi connectivity index (χ2n) is 4.92. The van der Waals surface area contributed by atoms with E-state index in [0.717, 1.165) is 0 Å². The van der Waals surface area contributed by atoms with Crippen molar-refractivity contribution in [2.24, 2.45) is 0 Å². The standard InChI is InChI=1S/C15H19FN2O3/c1-4-11-15(20)18(12(5-2)14(19)17-11)13-8-9(21-3)6-7-10(13)16/h6-8,11-12H,4-5H2,1-3H3,(H,17,19). The molecule has 1 heterocycles. The molecule has 0 aliphatic carbocycles. The predicted octanol–water partition coefficient (Wildman–Crippen LogP) is 1.85. The van der Waals surface area contributed by atoms with Crippen LogP contribution in [0.25, 0.3) is 0 Å². The van der Waals surface area contributed by atoms with Crippen molar-refractivity contribution in [3.8, 4) is 5.75 Å². The van der Waals surface area contributed by atoms with Gasteiger partial charge in [-0.3, -0.25) is 14.5 Å². The number of anilines is 1. The molecule has 6 heteroatoms. The van der Waals surface area contributed by atoms with Crippen molar-refractivity contribution in [3.63, 3.8) is 0 Å². The topological polar surface area (TPSA) is 58.6 Å². The normalized spacial score (nSPS) is 22.2. The summed E-state index contributed by atoms with van der Waals surface area (Å²) in [6.07, 6.45) is 0.869. The van der Waals surface area contributed by atoms with Crippen molar-refractivity contribution in [3.05, 3.63) is 24.0 Å². The van der Waals surface area contributed by atoms with E-state index in [2.05, 4.69) is 5.32 Å². The van der Waals surface area contributed by atoms with E-state index in [9.17, 15) is 14.0 Å². The number of hydrogen-bond acceptors (Lipinski definition) is 3. The van der Waals surface area contributed by atoms with Crippen molar-refractivity contribution in [2.75, 3.05) is 12.0 Å². The number of benzene rings is 1. The van der Waals surface area contributed by atoms with Crippen LogP contribution in [0.3, 0.4) is 0 Å². The van der Waals surface area contributed by atoms with Gasteiger partial charge in [0.15, 0.2) is 0 Å². The summed E-state index contributed by atoms with van der Waals surface area (Å²) in [5, 5.41) is 2.68. The SMILES string of the molecule is CCC1NC(=O)C(CC)N(c2cc(OC)ccc2F)C1=O. The second kappa shape index (κ2) is 6.11. The van der Waals surface area contributed by atoms with Gasteiger partial charge in [-0.2, -0.15) is 0 Å². The van der Waals surface area contributed by atoms with Crippen molar-refractivity contribution >= 4 is 17.5 Å². The third-order valence-corrected chi connectivity index (χ3v) is 3.67. The van der Waals surface area contributed by atoms with E-state index in [-0.39, 0.29) is 17.5 Å². The van der Waals surface area contributed by atoms with Gasteiger partial charge in [-0.15, -0.1) is 0 Å². The number of carbonyl (C=O) groups is 2. The van der Waals surface area contributed by atoms with Crippen LogP contribution in [-0.4, -0.2) is 31.0 Å². The van der Waals surface area contributed by atoms with Gasteiger partial charge < -0.3 is 10.1 Å². The molecule has 114 valence electrons. The molecule has 5 nitrogen and oxygen atoms in total. The monoisotopic (exact) mass is 294 g/mol. The lowest BCUT2D eigenvalue weighted by Crippen LogP contribution is -2.63. The van der Waals surface area contributed by atoms with Crippen LogP contribution in [0.1, 0.15) is 26.7 Å². The smallest absolute Gasteiger partial charge is 0.250 e. The highest BCUT2D eigenvalue weighted by Gasteiger charge is 2.40. The number of amides is 2. The van der Waals surface area contributed by atoms with Crippen molar-refractivity contribution in [2.45, 2.75) is 38.8 Å². The fourth-order valence-corrected chi connectivity index (χ4v) is 2.50. The number of methoxy groups -OCH3 is 1. The van der Waals surface area contributed by atoms with Crippen LogP contribution in [0.15, 0.2) is 18.2 Å². The molecule has 1 aromatic rings. The maximum Gasteiger partial charge on any atom is 0.250 e. The van der Waals surface area contributed by atoms with E-state index >= 15 is 0 Å². The number of hydrogen-bond donors (Lipinski definition) is 1. The zero-order valence-electron chi connectivity index (χ0n) is 12.4. The first kappa shape index (κ1) is 15.3. The molecule has 0 radical (unpaired) electrons. The third-order valence-electron chi connectivity index (χ3n) is 3.67. The van der Waals surface area contributed by atoms with E-state index in [1.807, 2.05) is 0 Å². The van der Waals surface area contributed by atoms with Crippen molar-refractivity contribution < 1.29 is 18.7 Å². The molecule has 0 saturated carbocycles. The minimum Gasteiger partial charge on any atom is -0.497 e. The Hall–Kier alpha value is -2.11. The number of nitrogens with one attached hydrogen (secondary N) is 1. The van der Waals surface area contributed by atoms with Crippen LogP contribution in [0.5, 0.6) is 5.75 Å². The van der Waals surface area contributed by atoms with Gasteiger partial charge in [-0.1, -0.05) is 13.8 Å². The molecule has 0 aromatic heterocycles. The number of rotatable bonds is 4. The number of ether oxygens (including phenoxy) is 1. The largest absolute Gasteiger partial charge is 0.497 e. The summed E-state index contributed by atoms with van der Waals surface area (Å²) in [4.78, 5) is 25.9. The van der Waals surface area contributed by atoms with Gasteiger partial charge in [0.2, 0.25) is 11.8 Å². The second-order valence-corrected chi connectivity index (χ2v) is 4.92. The van der Waals surface area contributed by atoms with E-state index in [0.29, 0.717) is 18.6 Å². The molecule has 1 saturated heterocycles. The first-order valence-corrected chi connectivity index (χ1v) is 7.00. The summed E-state index contributed by atoms with van der Waals surface area (Å²) < 4.78 is 19.2. The fraction of sp³-hybridized carbons (Fsp3) is 0.467. The minimum absolute atomic E-state index is 0.0829. The third kappa shape index (κ3) is 2.70. The van der Waals surface area contributed by atoms with Crippen molar-refractivity contribution in [1.29, 1.82) is 0 Å². The zero-order chi connectivity index (χ0) is 15.6. The highest BCUT2D eigenvalue weighted by atomic mass is 19.1. The Balaban J connectivity index is 2.50. The van der Waals surface area contributed by atoms with E-state index in [1.54, 1.807) is 13.8 Å². The lowest BCUT2D eigenvalue weighted by Gasteiger charge is -2.38. The van der Waals surface area contributed by atoms with Gasteiger partial charge in [0.25, 0.3) is 0 Å². The summed E-state index contributed by atoms with van der Waals surface area (Å²) in [5.74, 6) is -0.664. The van der Waals surface area contributed by atoms with Crippen LogP contribution in [0.2, 0.25) is 0 Å². The molecular weight excluding hydrogens is 275 g/mol. The number of piperazine rings is 1. The summed E-state index contributed by atoms with van der Waals surface area (Å²) in [6, 6.07) is 2.84. The Morgan fingerprint density at radius 3 is 2.57 bits per heavy atom. The summed E-state index contributed by atoms with van der Waals surface area (Å²) in [5.41, 5.74) is 0.0829. The number of halogens is 1. The highest BCUT2D eigenvalue weighted by Crippen LogP contribution is 2.30. The molecule has 1 aliphatic heterocycles. The van der Waals surface area contributed by atoms with Gasteiger partial charge in [-0.05, 0) is 25.0 Å². The lowest BCUT2D eigenvalue weighted by atomic mass is 10.0. The van der Waals surface area contributed by atoms with E-state index < -0.39 is 17.9 Å². The summed E-state index contributed by atoms with van der Waals surface area (Å²) in [6.45, 7) is 3.59. The predicted molar refractivity (Wildman–Crippen MR) is 76.7 cm³/mol. The van der Waals surface area contributed by atoms with Crippen LogP contribution in [0.4, 0.5) is 10.1 Å². The molecule has 2 amide bonds. The summed E-state index contributed by atoms with van der Waals surface area (Å²) >= 11 is 0. The maximum atomic E-state index is 14.2.